The molecule has 0 heterocycles. The molecular formula is C58H112O5. The molecule has 63 heavy (non-hydrogen) atoms. The largest absolute Gasteiger partial charge is 0.462 e. The van der Waals surface area contributed by atoms with Gasteiger partial charge in [-0.1, -0.05) is 296 Å². The number of hydrogen-bond donors (Lipinski definition) is 1. The number of allylic oxidation sites excluding steroid dienone is 2. The molecule has 0 saturated heterocycles. The minimum absolute atomic E-state index is 0.0629. The third-order valence-corrected chi connectivity index (χ3v) is 13.3. The molecule has 0 saturated carbocycles. The number of carbonyl (C=O) groups is 2. The molecule has 0 fully saturated rings. The second-order valence-electron chi connectivity index (χ2n) is 19.7. The molecule has 0 aromatic heterocycles. The maximum Gasteiger partial charge on any atom is 0.306 e. The fourth-order valence-electron chi connectivity index (χ4n) is 8.95. The second-order valence-corrected chi connectivity index (χ2v) is 19.7. The van der Waals surface area contributed by atoms with E-state index in [-0.39, 0.29) is 25.2 Å². The molecule has 0 rings (SSSR count). The van der Waals surface area contributed by atoms with Crippen molar-refractivity contribution in [1.82, 2.24) is 0 Å². The summed E-state index contributed by atoms with van der Waals surface area (Å²) in [5.41, 5.74) is 0. The lowest BCUT2D eigenvalue weighted by Crippen LogP contribution is -2.28. The SMILES string of the molecule is CCCC/C=C\CCCCCCCC(=O)OC(CO)COC(=O)CCCCCCCCCCCCCCCCCCCCCCCCCCCCCCCCCCCCCCCC. The monoisotopic (exact) mass is 889 g/mol. The molecule has 0 amide bonds. The van der Waals surface area contributed by atoms with E-state index in [0.29, 0.717) is 12.8 Å². The Balaban J connectivity index is 3.31. The molecule has 0 aliphatic rings. The first-order valence-electron chi connectivity index (χ1n) is 28.7. The van der Waals surface area contributed by atoms with E-state index in [1.54, 1.807) is 0 Å². The molecule has 0 bridgehead atoms. The van der Waals surface area contributed by atoms with Gasteiger partial charge in [0.05, 0.1) is 6.61 Å². The first-order valence-corrected chi connectivity index (χ1v) is 28.7. The summed E-state index contributed by atoms with van der Waals surface area (Å²) in [6.07, 6.45) is 68.0. The average molecular weight is 890 g/mol. The second kappa shape index (κ2) is 55.0. The van der Waals surface area contributed by atoms with Gasteiger partial charge >= 0.3 is 11.9 Å². The third-order valence-electron chi connectivity index (χ3n) is 13.3. The summed E-state index contributed by atoms with van der Waals surface area (Å²) in [5, 5.41) is 9.59. The van der Waals surface area contributed by atoms with E-state index in [2.05, 4.69) is 26.0 Å². The van der Waals surface area contributed by atoms with E-state index in [1.807, 2.05) is 0 Å². The van der Waals surface area contributed by atoms with Crippen LogP contribution >= 0.6 is 0 Å². The molecule has 0 aromatic rings. The molecular weight excluding hydrogens is 777 g/mol. The zero-order chi connectivity index (χ0) is 45.6. The van der Waals surface area contributed by atoms with E-state index in [4.69, 9.17) is 9.47 Å². The number of aliphatic hydroxyl groups is 1. The van der Waals surface area contributed by atoms with Gasteiger partial charge < -0.3 is 14.6 Å². The predicted octanol–water partition coefficient (Wildman–Crippen LogP) is 19.1. The number of unbranched alkanes of at least 4 members (excludes halogenated alkanes) is 44. The van der Waals surface area contributed by atoms with Crippen molar-refractivity contribution in [3.8, 4) is 0 Å². The molecule has 5 nitrogen and oxygen atoms in total. The van der Waals surface area contributed by atoms with Gasteiger partial charge in [-0.05, 0) is 32.1 Å². The molecule has 1 N–H and O–H groups in total. The quantitative estimate of drug-likeness (QED) is 0.0374. The summed E-state index contributed by atoms with van der Waals surface area (Å²) in [5.74, 6) is -0.586. The van der Waals surface area contributed by atoms with Gasteiger partial charge in [-0.15, -0.1) is 0 Å². The molecule has 0 aliphatic heterocycles. The van der Waals surface area contributed by atoms with Crippen LogP contribution in [0.3, 0.4) is 0 Å². The minimum Gasteiger partial charge on any atom is -0.462 e. The van der Waals surface area contributed by atoms with Gasteiger partial charge in [-0.3, -0.25) is 9.59 Å². The fourth-order valence-corrected chi connectivity index (χ4v) is 8.95. The zero-order valence-corrected chi connectivity index (χ0v) is 42.9. The molecule has 0 aromatic carbocycles. The highest BCUT2D eigenvalue weighted by atomic mass is 16.6. The van der Waals surface area contributed by atoms with Gasteiger partial charge in [-0.25, -0.2) is 0 Å². The highest BCUT2D eigenvalue weighted by Crippen LogP contribution is 2.18. The number of esters is 2. The Morgan fingerprint density at radius 3 is 0.905 bits per heavy atom. The summed E-state index contributed by atoms with van der Waals surface area (Å²) in [4.78, 5) is 24.3. The van der Waals surface area contributed by atoms with Crippen LogP contribution in [0, 0.1) is 0 Å². The summed E-state index contributed by atoms with van der Waals surface area (Å²) in [7, 11) is 0. The standard InChI is InChI=1S/C58H112O5/c1-3-5-7-9-11-13-15-16-17-18-19-20-21-22-23-24-25-26-27-28-29-30-31-32-33-34-35-36-37-38-39-40-41-43-44-46-48-50-52-57(60)62-55-56(54-59)63-58(61)53-51-49-47-45-42-14-12-10-8-6-4-2/h10,12,56,59H,3-9,11,13-55H2,1-2H3/b12-10-. The van der Waals surface area contributed by atoms with Crippen molar-refractivity contribution < 1.29 is 24.2 Å². The molecule has 1 atom stereocenters. The van der Waals surface area contributed by atoms with Gasteiger partial charge in [0.2, 0.25) is 0 Å². The van der Waals surface area contributed by atoms with Crippen molar-refractivity contribution in [2.24, 2.45) is 0 Å². The Morgan fingerprint density at radius 1 is 0.349 bits per heavy atom. The number of aliphatic hydroxyl groups excluding tert-OH is 1. The zero-order valence-electron chi connectivity index (χ0n) is 42.9. The molecule has 374 valence electrons. The molecule has 0 radical (unpaired) electrons. The van der Waals surface area contributed by atoms with Gasteiger partial charge in [-0.2, -0.15) is 0 Å². The molecule has 5 heteroatoms. The normalized spacial score (nSPS) is 12.1. The Hall–Kier alpha value is -1.36. The summed E-state index contributed by atoms with van der Waals surface area (Å²) in [6.45, 7) is 4.13. The van der Waals surface area contributed by atoms with Gasteiger partial charge in [0.25, 0.3) is 0 Å². The average Bonchev–Trinajstić information content (AvgIpc) is 3.29. The van der Waals surface area contributed by atoms with Crippen molar-refractivity contribution in [3.63, 3.8) is 0 Å². The van der Waals surface area contributed by atoms with E-state index in [1.165, 1.54) is 263 Å². The van der Waals surface area contributed by atoms with Crippen LogP contribution < -0.4 is 0 Å². The summed E-state index contributed by atoms with van der Waals surface area (Å²) in [6, 6.07) is 0. The van der Waals surface area contributed by atoms with E-state index in [0.717, 1.165) is 38.5 Å². The summed E-state index contributed by atoms with van der Waals surface area (Å²) < 4.78 is 10.6. The summed E-state index contributed by atoms with van der Waals surface area (Å²) >= 11 is 0. The van der Waals surface area contributed by atoms with E-state index >= 15 is 0 Å². The minimum atomic E-state index is -0.770. The first-order chi connectivity index (χ1) is 31.1. The lowest BCUT2D eigenvalue weighted by molar-refractivity contribution is -0.161. The fraction of sp³-hybridized carbons (Fsp3) is 0.931. The van der Waals surface area contributed by atoms with Crippen LogP contribution in [0.15, 0.2) is 12.2 Å². The number of carbonyl (C=O) groups excluding carboxylic acids is 2. The lowest BCUT2D eigenvalue weighted by atomic mass is 10.0. The first kappa shape index (κ1) is 61.6. The van der Waals surface area contributed by atoms with Crippen LogP contribution in [0.25, 0.3) is 0 Å². The maximum absolute atomic E-state index is 12.2. The number of hydrogen-bond acceptors (Lipinski definition) is 5. The highest BCUT2D eigenvalue weighted by Gasteiger charge is 2.16. The Morgan fingerprint density at radius 2 is 0.603 bits per heavy atom. The van der Waals surface area contributed by atoms with Crippen molar-refractivity contribution in [2.75, 3.05) is 13.2 Å². The van der Waals surface area contributed by atoms with Crippen LogP contribution in [0.5, 0.6) is 0 Å². The van der Waals surface area contributed by atoms with Gasteiger partial charge in [0.1, 0.15) is 6.61 Å². The van der Waals surface area contributed by atoms with Crippen molar-refractivity contribution in [2.45, 2.75) is 335 Å². The van der Waals surface area contributed by atoms with Crippen LogP contribution in [-0.4, -0.2) is 36.4 Å². The van der Waals surface area contributed by atoms with Crippen LogP contribution in [0.1, 0.15) is 328 Å². The maximum atomic E-state index is 12.2. The molecule has 0 aliphatic carbocycles. The number of rotatable bonds is 54. The third kappa shape index (κ3) is 53.1. The van der Waals surface area contributed by atoms with Crippen LogP contribution in [-0.2, 0) is 19.1 Å². The lowest BCUT2D eigenvalue weighted by Gasteiger charge is -2.15. The van der Waals surface area contributed by atoms with E-state index < -0.39 is 6.10 Å². The Kier molecular flexibility index (Phi) is 53.8. The Labute approximate surface area is 394 Å². The van der Waals surface area contributed by atoms with Crippen molar-refractivity contribution >= 4 is 11.9 Å². The molecule has 0 spiro atoms. The van der Waals surface area contributed by atoms with E-state index in [9.17, 15) is 14.7 Å². The van der Waals surface area contributed by atoms with Crippen molar-refractivity contribution in [3.05, 3.63) is 12.2 Å². The topological polar surface area (TPSA) is 72.8 Å². The predicted molar refractivity (Wildman–Crippen MR) is 275 cm³/mol. The van der Waals surface area contributed by atoms with Gasteiger partial charge in [0, 0.05) is 12.8 Å². The smallest absolute Gasteiger partial charge is 0.306 e. The van der Waals surface area contributed by atoms with Crippen molar-refractivity contribution in [1.29, 1.82) is 0 Å². The Bertz CT molecular complexity index is 917. The molecule has 1 unspecified atom stereocenters. The number of ether oxygens (including phenoxy) is 2. The highest BCUT2D eigenvalue weighted by molar-refractivity contribution is 5.70. The van der Waals surface area contributed by atoms with Gasteiger partial charge in [0.15, 0.2) is 6.10 Å². The van der Waals surface area contributed by atoms with Crippen LogP contribution in [0.2, 0.25) is 0 Å². The van der Waals surface area contributed by atoms with Crippen LogP contribution in [0.4, 0.5) is 0 Å².